The van der Waals surface area contributed by atoms with Crippen LogP contribution in [0.2, 0.25) is 0 Å². The van der Waals surface area contributed by atoms with Crippen molar-refractivity contribution in [1.29, 1.82) is 0 Å². The first kappa shape index (κ1) is 28.0. The molecule has 2 aliphatic rings. The van der Waals surface area contributed by atoms with E-state index in [2.05, 4.69) is 0 Å². The van der Waals surface area contributed by atoms with E-state index in [0.29, 0.717) is 0 Å². The Morgan fingerprint density at radius 1 is 0.595 bits per heavy atom. The average Bonchev–Trinajstić information content (AvgIpc) is 2.93. The highest BCUT2D eigenvalue weighted by molar-refractivity contribution is 5.14. The van der Waals surface area contributed by atoms with Crippen LogP contribution in [0.1, 0.15) is 11.1 Å². The minimum absolute atomic E-state index is 0.0827. The van der Waals surface area contributed by atoms with Gasteiger partial charge in [-0.1, -0.05) is 60.7 Å². The lowest BCUT2D eigenvalue weighted by molar-refractivity contribution is -0.362. The molecule has 4 rings (SSSR count). The summed E-state index contributed by atoms with van der Waals surface area (Å²) in [6.45, 7) is -0.901. The van der Waals surface area contributed by atoms with Gasteiger partial charge in [0.25, 0.3) is 0 Å². The summed E-state index contributed by atoms with van der Waals surface area (Å²) in [5.74, 6) is 0. The molecule has 0 radical (unpaired) electrons. The van der Waals surface area contributed by atoms with Gasteiger partial charge in [-0.3, -0.25) is 0 Å². The molecule has 204 valence electrons. The van der Waals surface area contributed by atoms with Crippen LogP contribution in [-0.2, 0) is 36.9 Å². The predicted molar refractivity (Wildman–Crippen MR) is 127 cm³/mol. The quantitative estimate of drug-likeness (QED) is 0.228. The molecule has 11 heteroatoms. The van der Waals surface area contributed by atoms with Crippen molar-refractivity contribution in [2.75, 3.05) is 13.2 Å². The van der Waals surface area contributed by atoms with Crippen molar-refractivity contribution in [1.82, 2.24) is 0 Å². The zero-order chi connectivity index (χ0) is 26.4. The van der Waals surface area contributed by atoms with Crippen molar-refractivity contribution >= 4 is 0 Å². The van der Waals surface area contributed by atoms with E-state index in [1.807, 2.05) is 60.7 Å². The van der Waals surface area contributed by atoms with Gasteiger partial charge in [0.2, 0.25) is 0 Å². The molecule has 2 aromatic carbocycles. The molecule has 0 aliphatic carbocycles. The van der Waals surface area contributed by atoms with Gasteiger partial charge >= 0.3 is 0 Å². The molecule has 2 aromatic rings. The van der Waals surface area contributed by atoms with Gasteiger partial charge in [-0.25, -0.2) is 0 Å². The highest BCUT2D eigenvalue weighted by Crippen LogP contribution is 2.31. The second-order valence-corrected chi connectivity index (χ2v) is 9.07. The van der Waals surface area contributed by atoms with E-state index in [1.54, 1.807) is 0 Å². The minimum Gasteiger partial charge on any atom is -0.394 e. The van der Waals surface area contributed by atoms with Gasteiger partial charge in [-0.2, -0.15) is 0 Å². The maximum absolute atomic E-state index is 10.8. The van der Waals surface area contributed by atoms with Gasteiger partial charge in [-0.05, 0) is 11.1 Å². The van der Waals surface area contributed by atoms with E-state index in [1.165, 1.54) is 0 Å². The SMILES string of the molecule is OCC1O[C@@H](O[C@@H]2C(O)[C@H](O)OC(CO)[C@H]2OCc2ccccc2)C(O)[C@@H](O)[C@@H]1OCc1ccccc1. The third-order valence-corrected chi connectivity index (χ3v) is 6.50. The third-order valence-electron chi connectivity index (χ3n) is 6.50. The van der Waals surface area contributed by atoms with Gasteiger partial charge in [0, 0.05) is 0 Å². The second kappa shape index (κ2) is 13.2. The van der Waals surface area contributed by atoms with E-state index >= 15 is 0 Å². The second-order valence-electron chi connectivity index (χ2n) is 9.07. The highest BCUT2D eigenvalue weighted by Gasteiger charge is 2.51. The van der Waals surface area contributed by atoms with Crippen molar-refractivity contribution in [2.24, 2.45) is 0 Å². The molecule has 0 aromatic heterocycles. The molecule has 37 heavy (non-hydrogen) atoms. The molecule has 2 fully saturated rings. The predicted octanol–water partition coefficient (Wildman–Crippen LogP) is -0.948. The van der Waals surface area contributed by atoms with Gasteiger partial charge in [0.15, 0.2) is 12.6 Å². The molecule has 0 saturated carbocycles. The Balaban J connectivity index is 1.47. The Morgan fingerprint density at radius 2 is 1.11 bits per heavy atom. The first-order valence-electron chi connectivity index (χ1n) is 12.1. The minimum atomic E-state index is -1.71. The average molecular weight is 523 g/mol. The fourth-order valence-corrected chi connectivity index (χ4v) is 4.47. The molecular formula is C26H34O11. The molecule has 0 amide bonds. The molecule has 0 spiro atoms. The number of aliphatic hydroxyl groups excluding tert-OH is 6. The lowest BCUT2D eigenvalue weighted by Gasteiger charge is -2.47. The fourth-order valence-electron chi connectivity index (χ4n) is 4.47. The van der Waals surface area contributed by atoms with Crippen LogP contribution >= 0.6 is 0 Å². The van der Waals surface area contributed by atoms with Crippen LogP contribution in [-0.4, -0.2) is 105 Å². The van der Waals surface area contributed by atoms with Crippen molar-refractivity contribution < 1.29 is 54.3 Å². The van der Waals surface area contributed by atoms with E-state index in [4.69, 9.17) is 23.7 Å². The van der Waals surface area contributed by atoms with Crippen molar-refractivity contribution in [2.45, 2.75) is 74.6 Å². The normalized spacial score (nSPS) is 36.4. The highest BCUT2D eigenvalue weighted by atomic mass is 16.7. The van der Waals surface area contributed by atoms with Gasteiger partial charge in [-0.15, -0.1) is 0 Å². The lowest BCUT2D eigenvalue weighted by atomic mass is 9.96. The summed E-state index contributed by atoms with van der Waals surface area (Å²) in [5, 5.41) is 62.2. The zero-order valence-electron chi connectivity index (χ0n) is 20.1. The van der Waals surface area contributed by atoms with Crippen LogP contribution < -0.4 is 0 Å². The molecular weight excluding hydrogens is 488 g/mol. The van der Waals surface area contributed by atoms with E-state index in [0.717, 1.165) is 11.1 Å². The standard InChI is InChI=1S/C26H34O11/c27-11-17-22(33-13-15-7-3-1-4-8-15)19(29)20(30)26(36-17)37-24-21(31)25(32)35-18(12-28)23(24)34-14-16-9-5-2-6-10-16/h1-10,17-32H,11-14H2/t17?,18?,19-,20?,21?,22-,23-,24-,25-,26+/m1/s1. The first-order valence-corrected chi connectivity index (χ1v) is 12.1. The third kappa shape index (κ3) is 6.72. The summed E-state index contributed by atoms with van der Waals surface area (Å²) >= 11 is 0. The number of hydrogen-bond acceptors (Lipinski definition) is 11. The van der Waals surface area contributed by atoms with Crippen LogP contribution in [0.3, 0.4) is 0 Å². The lowest BCUT2D eigenvalue weighted by Crippen LogP contribution is -2.65. The molecule has 10 atom stereocenters. The Labute approximate surface area is 214 Å². The molecule has 0 bridgehead atoms. The van der Waals surface area contributed by atoms with Gasteiger partial charge in [0.05, 0.1) is 26.4 Å². The van der Waals surface area contributed by atoms with E-state index in [-0.39, 0.29) is 13.2 Å². The van der Waals surface area contributed by atoms with Crippen LogP contribution in [0, 0.1) is 0 Å². The summed E-state index contributed by atoms with van der Waals surface area (Å²) in [6.07, 6.45) is -13.6. The maximum Gasteiger partial charge on any atom is 0.187 e. The first-order chi connectivity index (χ1) is 17.9. The van der Waals surface area contributed by atoms with Crippen LogP contribution in [0.25, 0.3) is 0 Å². The summed E-state index contributed by atoms with van der Waals surface area (Å²) < 4.78 is 28.5. The fraction of sp³-hybridized carbons (Fsp3) is 0.538. The number of benzene rings is 2. The maximum atomic E-state index is 10.8. The summed E-state index contributed by atoms with van der Waals surface area (Å²) in [6, 6.07) is 18.3. The molecule has 2 saturated heterocycles. The summed E-state index contributed by atoms with van der Waals surface area (Å²) in [5.41, 5.74) is 1.63. The Morgan fingerprint density at radius 3 is 1.65 bits per heavy atom. The van der Waals surface area contributed by atoms with Crippen LogP contribution in [0.15, 0.2) is 60.7 Å². The molecule has 2 heterocycles. The van der Waals surface area contributed by atoms with Crippen LogP contribution in [0.5, 0.6) is 0 Å². The summed E-state index contributed by atoms with van der Waals surface area (Å²) in [4.78, 5) is 0. The smallest absolute Gasteiger partial charge is 0.187 e. The van der Waals surface area contributed by atoms with E-state index < -0.39 is 74.6 Å². The molecule has 4 unspecified atom stereocenters. The largest absolute Gasteiger partial charge is 0.394 e. The number of rotatable bonds is 10. The number of ether oxygens (including phenoxy) is 5. The van der Waals surface area contributed by atoms with Gasteiger partial charge < -0.3 is 54.3 Å². The molecule has 11 nitrogen and oxygen atoms in total. The summed E-state index contributed by atoms with van der Waals surface area (Å²) in [7, 11) is 0. The topological polar surface area (TPSA) is 168 Å². The molecule has 6 N–H and O–H groups in total. The van der Waals surface area contributed by atoms with Gasteiger partial charge in [0.1, 0.15) is 48.8 Å². The number of hydrogen-bond donors (Lipinski definition) is 6. The van der Waals surface area contributed by atoms with E-state index in [9.17, 15) is 30.6 Å². The Hall–Kier alpha value is -2.00. The molecule has 2 aliphatic heterocycles. The number of aliphatic hydroxyl groups is 6. The van der Waals surface area contributed by atoms with Crippen molar-refractivity contribution in [3.05, 3.63) is 71.8 Å². The monoisotopic (exact) mass is 522 g/mol. The van der Waals surface area contributed by atoms with Crippen molar-refractivity contribution in [3.8, 4) is 0 Å². The van der Waals surface area contributed by atoms with Crippen molar-refractivity contribution in [3.63, 3.8) is 0 Å². The Bertz CT molecular complexity index is 931. The Kier molecular flexibility index (Phi) is 9.98. The van der Waals surface area contributed by atoms with Crippen LogP contribution in [0.4, 0.5) is 0 Å². The zero-order valence-corrected chi connectivity index (χ0v) is 20.1.